The Morgan fingerprint density at radius 1 is 1.42 bits per heavy atom. The van der Waals surface area contributed by atoms with E-state index in [-0.39, 0.29) is 18.7 Å². The van der Waals surface area contributed by atoms with Crippen LogP contribution in [0.3, 0.4) is 0 Å². The van der Waals surface area contributed by atoms with Crippen molar-refractivity contribution >= 4 is 56.2 Å². The van der Waals surface area contributed by atoms with Crippen LogP contribution in [0.15, 0.2) is 34.8 Å². The second-order valence-electron chi connectivity index (χ2n) is 5.32. The van der Waals surface area contributed by atoms with E-state index < -0.39 is 11.5 Å². The molecule has 0 spiro atoms. The fourth-order valence-electron chi connectivity index (χ4n) is 2.73. The Hall–Kier alpha value is -1.65. The number of ketones is 1. The highest BCUT2D eigenvalue weighted by Gasteiger charge is 2.51. The molecule has 0 fully saturated rings. The van der Waals surface area contributed by atoms with Crippen molar-refractivity contribution in [3.05, 3.63) is 49.6 Å². The highest BCUT2D eigenvalue weighted by molar-refractivity contribution is 9.10. The Balaban J connectivity index is 2.02. The number of Topliss-reactive ketones (excluding diaryl/α,β-unsaturated/α-hetero) is 1. The van der Waals surface area contributed by atoms with Crippen molar-refractivity contribution in [1.82, 2.24) is 0 Å². The number of halogens is 2. The molecule has 1 atom stereocenters. The molecule has 122 valence electrons. The lowest BCUT2D eigenvalue weighted by Gasteiger charge is -2.21. The van der Waals surface area contributed by atoms with Crippen molar-refractivity contribution < 1.29 is 14.7 Å². The molecule has 0 bridgehead atoms. The number of hydrogen-bond donors (Lipinski definition) is 1. The summed E-state index contributed by atoms with van der Waals surface area (Å²) in [5.41, 5.74) is -1.06. The van der Waals surface area contributed by atoms with Gasteiger partial charge in [0.25, 0.3) is 5.91 Å². The molecule has 4 nitrogen and oxygen atoms in total. The van der Waals surface area contributed by atoms with E-state index in [0.29, 0.717) is 24.9 Å². The molecule has 1 aromatic carbocycles. The van der Waals surface area contributed by atoms with Crippen LogP contribution in [0.25, 0.3) is 0 Å². The molecular weight excluding hydrogens is 414 g/mol. The number of terminal acetylenes is 1. The van der Waals surface area contributed by atoms with Gasteiger partial charge in [-0.2, -0.15) is 0 Å². The van der Waals surface area contributed by atoms with Gasteiger partial charge in [0, 0.05) is 10.0 Å². The third-order valence-corrected chi connectivity index (χ3v) is 5.57. The largest absolute Gasteiger partial charge is 0.375 e. The molecule has 3 rings (SSSR count). The predicted molar refractivity (Wildman–Crippen MR) is 97.5 cm³/mol. The Kier molecular flexibility index (Phi) is 4.54. The fourth-order valence-corrected chi connectivity index (χ4v) is 4.07. The smallest absolute Gasteiger partial charge is 0.265 e. The summed E-state index contributed by atoms with van der Waals surface area (Å²) < 4.78 is 1.17. The van der Waals surface area contributed by atoms with Gasteiger partial charge in [-0.05, 0) is 30.3 Å². The summed E-state index contributed by atoms with van der Waals surface area (Å²) in [5, 5.41) is 11.0. The van der Waals surface area contributed by atoms with E-state index in [4.69, 9.17) is 18.0 Å². The normalized spacial score (nSPS) is 19.2. The number of carbonyl (C=O) groups excluding carboxylic acids is 2. The van der Waals surface area contributed by atoms with Crippen molar-refractivity contribution in [2.24, 2.45) is 0 Å². The average molecular weight is 425 g/mol. The summed E-state index contributed by atoms with van der Waals surface area (Å²) in [4.78, 5) is 27.0. The van der Waals surface area contributed by atoms with E-state index in [1.807, 2.05) is 0 Å². The van der Waals surface area contributed by atoms with Crippen LogP contribution in [0.2, 0.25) is 4.34 Å². The Morgan fingerprint density at radius 3 is 2.79 bits per heavy atom. The summed E-state index contributed by atoms with van der Waals surface area (Å²) >= 11 is 10.3. The van der Waals surface area contributed by atoms with Crippen LogP contribution in [0.5, 0.6) is 0 Å². The van der Waals surface area contributed by atoms with E-state index in [9.17, 15) is 14.7 Å². The predicted octanol–water partition coefficient (Wildman–Crippen LogP) is 3.60. The zero-order valence-corrected chi connectivity index (χ0v) is 15.4. The molecule has 1 unspecified atom stereocenters. The molecule has 1 aromatic heterocycles. The summed E-state index contributed by atoms with van der Waals surface area (Å²) in [5.74, 6) is 1.46. The molecule has 7 heteroatoms. The van der Waals surface area contributed by atoms with Gasteiger partial charge >= 0.3 is 0 Å². The van der Waals surface area contributed by atoms with Gasteiger partial charge in [0.05, 0.1) is 27.9 Å². The number of thiophene rings is 1. The first-order chi connectivity index (χ1) is 11.4. The quantitative estimate of drug-likeness (QED) is 0.603. The first-order valence-electron chi connectivity index (χ1n) is 6.93. The molecule has 1 amide bonds. The van der Waals surface area contributed by atoms with E-state index in [1.165, 1.54) is 4.90 Å². The maximum Gasteiger partial charge on any atom is 0.265 e. The molecule has 2 heterocycles. The lowest BCUT2D eigenvalue weighted by Crippen LogP contribution is -2.42. The summed E-state index contributed by atoms with van der Waals surface area (Å²) in [6, 6.07) is 8.27. The maximum absolute atomic E-state index is 12.7. The molecule has 24 heavy (non-hydrogen) atoms. The third kappa shape index (κ3) is 2.78. The molecule has 1 aliphatic rings. The van der Waals surface area contributed by atoms with Crippen LogP contribution in [0.4, 0.5) is 5.69 Å². The summed E-state index contributed by atoms with van der Waals surface area (Å²) in [6.45, 7) is 0.0226. The lowest BCUT2D eigenvalue weighted by atomic mass is 9.89. The van der Waals surface area contributed by atoms with Crippen LogP contribution in [0.1, 0.15) is 21.7 Å². The minimum Gasteiger partial charge on any atom is -0.375 e. The Labute approximate surface area is 156 Å². The van der Waals surface area contributed by atoms with Gasteiger partial charge in [-0.3, -0.25) is 14.5 Å². The van der Waals surface area contributed by atoms with Gasteiger partial charge < -0.3 is 5.11 Å². The maximum atomic E-state index is 12.7. The number of aliphatic hydroxyl groups is 1. The number of fused-ring (bicyclic) bond motifs is 1. The van der Waals surface area contributed by atoms with Crippen LogP contribution in [-0.4, -0.2) is 23.3 Å². The standard InChI is InChI=1S/C17H11BrClNO3S/c1-2-7-20-12-4-3-10(18)8-11(12)17(23,16(20)22)9-13(21)14-5-6-15(19)24-14/h1,3-6,8,23H,7,9H2. The number of anilines is 1. The van der Waals surface area contributed by atoms with Crippen LogP contribution in [0, 0.1) is 12.3 Å². The van der Waals surface area contributed by atoms with Crippen LogP contribution < -0.4 is 4.90 Å². The average Bonchev–Trinajstić information content (AvgIpc) is 3.05. The SMILES string of the molecule is C#CCN1C(=O)C(O)(CC(=O)c2ccc(Cl)s2)c2cc(Br)ccc21. The monoisotopic (exact) mass is 423 g/mol. The topological polar surface area (TPSA) is 57.6 Å². The van der Waals surface area contributed by atoms with Crippen molar-refractivity contribution in [2.75, 3.05) is 11.4 Å². The zero-order valence-electron chi connectivity index (χ0n) is 12.3. The van der Waals surface area contributed by atoms with Crippen molar-refractivity contribution in [2.45, 2.75) is 12.0 Å². The molecule has 0 saturated carbocycles. The molecule has 2 aromatic rings. The van der Waals surface area contributed by atoms with E-state index in [2.05, 4.69) is 21.9 Å². The first kappa shape index (κ1) is 17.2. The summed E-state index contributed by atoms with van der Waals surface area (Å²) in [7, 11) is 0. The molecule has 0 radical (unpaired) electrons. The number of rotatable bonds is 4. The van der Waals surface area contributed by atoms with Gasteiger partial charge in [-0.1, -0.05) is 33.5 Å². The minimum absolute atomic E-state index is 0.0226. The van der Waals surface area contributed by atoms with Gasteiger partial charge in [0.15, 0.2) is 11.4 Å². The number of amides is 1. The molecule has 0 aliphatic carbocycles. The Bertz CT molecular complexity index is 888. The van der Waals surface area contributed by atoms with Crippen molar-refractivity contribution in [3.63, 3.8) is 0 Å². The van der Waals surface area contributed by atoms with Gasteiger partial charge in [0.2, 0.25) is 0 Å². The fraction of sp³-hybridized carbons (Fsp3) is 0.176. The molecule has 1 aliphatic heterocycles. The minimum atomic E-state index is -1.94. The van der Waals surface area contributed by atoms with Crippen LogP contribution >= 0.6 is 38.9 Å². The number of nitrogens with zero attached hydrogens (tertiary/aromatic N) is 1. The molecule has 1 N–H and O–H groups in total. The highest BCUT2D eigenvalue weighted by atomic mass is 79.9. The second-order valence-corrected chi connectivity index (χ2v) is 7.95. The number of hydrogen-bond acceptors (Lipinski definition) is 4. The van der Waals surface area contributed by atoms with E-state index in [0.717, 1.165) is 11.3 Å². The van der Waals surface area contributed by atoms with Crippen LogP contribution in [-0.2, 0) is 10.4 Å². The van der Waals surface area contributed by atoms with E-state index in [1.54, 1.807) is 30.3 Å². The van der Waals surface area contributed by atoms with Gasteiger partial charge in [-0.25, -0.2) is 0 Å². The second kappa shape index (κ2) is 6.34. The molecular formula is C17H11BrClNO3S. The van der Waals surface area contributed by atoms with Crippen molar-refractivity contribution in [1.29, 1.82) is 0 Å². The van der Waals surface area contributed by atoms with Gasteiger partial charge in [0.1, 0.15) is 0 Å². The third-order valence-electron chi connectivity index (χ3n) is 3.81. The van der Waals surface area contributed by atoms with Gasteiger partial charge in [-0.15, -0.1) is 17.8 Å². The molecule has 0 saturated heterocycles. The lowest BCUT2D eigenvalue weighted by molar-refractivity contribution is -0.135. The van der Waals surface area contributed by atoms with E-state index >= 15 is 0 Å². The Morgan fingerprint density at radius 2 is 2.17 bits per heavy atom. The number of carbonyl (C=O) groups is 2. The van der Waals surface area contributed by atoms with Crippen molar-refractivity contribution in [3.8, 4) is 12.3 Å². The summed E-state index contributed by atoms with van der Waals surface area (Å²) in [6.07, 6.45) is 4.96. The highest BCUT2D eigenvalue weighted by Crippen LogP contribution is 2.44. The zero-order chi connectivity index (χ0) is 17.5. The first-order valence-corrected chi connectivity index (χ1v) is 8.92. The number of benzene rings is 1.